The molecule has 0 aliphatic carbocycles. The maximum atomic E-state index is 11.8. The summed E-state index contributed by atoms with van der Waals surface area (Å²) >= 11 is 0. The van der Waals surface area contributed by atoms with E-state index >= 15 is 0 Å². The molecule has 0 fully saturated rings. The quantitative estimate of drug-likeness (QED) is 0.768. The summed E-state index contributed by atoms with van der Waals surface area (Å²) < 4.78 is 0. The Morgan fingerprint density at radius 3 is 2.20 bits per heavy atom. The lowest BCUT2D eigenvalue weighted by Crippen LogP contribution is -2.36. The normalized spacial score (nSPS) is 11.3. The van der Waals surface area contributed by atoms with E-state index in [1.165, 1.54) is 0 Å². The second kappa shape index (κ2) is 6.52. The summed E-state index contributed by atoms with van der Waals surface area (Å²) in [4.78, 5) is 23.5. The Labute approximate surface area is 119 Å². The van der Waals surface area contributed by atoms with Gasteiger partial charge in [-0.25, -0.2) is 0 Å². The molecule has 0 aromatic heterocycles. The summed E-state index contributed by atoms with van der Waals surface area (Å²) in [5.74, 6) is -0.266. The maximum absolute atomic E-state index is 11.8. The van der Waals surface area contributed by atoms with Crippen molar-refractivity contribution in [1.82, 2.24) is 5.32 Å². The number of nitrogens with two attached hydrogens (primary N) is 1. The molecule has 0 aliphatic rings. The molecule has 1 aromatic carbocycles. The highest BCUT2D eigenvalue weighted by molar-refractivity contribution is 5.96. The van der Waals surface area contributed by atoms with Crippen molar-refractivity contribution in [3.63, 3.8) is 0 Å². The van der Waals surface area contributed by atoms with Crippen molar-refractivity contribution in [1.29, 1.82) is 0 Å². The Kier molecular flexibility index (Phi) is 5.27. The smallest absolute Gasteiger partial charge is 0.251 e. The molecule has 2 amide bonds. The summed E-state index contributed by atoms with van der Waals surface area (Å²) in [6.07, 6.45) is 0.239. The van der Waals surface area contributed by atoms with Gasteiger partial charge in [0.05, 0.1) is 0 Å². The van der Waals surface area contributed by atoms with Crippen LogP contribution in [0.1, 0.15) is 44.5 Å². The first kappa shape index (κ1) is 16.2. The minimum atomic E-state index is -0.541. The summed E-state index contributed by atoms with van der Waals surface area (Å²) in [6.45, 7) is 7.40. The zero-order valence-electron chi connectivity index (χ0n) is 12.5. The molecule has 0 atom stereocenters. The Bertz CT molecular complexity index is 473. The van der Waals surface area contributed by atoms with Crippen LogP contribution < -0.4 is 16.4 Å². The SMILES string of the molecule is CC(C)NC(=O)c1ccc(NC(=O)CC(C)(C)N)cc1. The molecule has 0 bridgehead atoms. The fraction of sp³-hybridized carbons (Fsp3) is 0.467. The standard InChI is InChI=1S/C15H23N3O2/c1-10(2)17-14(20)11-5-7-12(8-6-11)18-13(19)9-15(3,4)16/h5-8,10H,9,16H2,1-4H3,(H,17,20)(H,18,19). The summed E-state index contributed by atoms with van der Waals surface area (Å²) in [7, 11) is 0. The number of rotatable bonds is 5. The lowest BCUT2D eigenvalue weighted by atomic mass is 10.0. The average Bonchev–Trinajstić information content (AvgIpc) is 2.26. The third kappa shape index (κ3) is 5.84. The number of hydrogen-bond acceptors (Lipinski definition) is 3. The van der Waals surface area contributed by atoms with Crippen LogP contribution in [0.15, 0.2) is 24.3 Å². The molecule has 5 nitrogen and oxygen atoms in total. The average molecular weight is 277 g/mol. The molecular weight excluding hydrogens is 254 g/mol. The van der Waals surface area contributed by atoms with Crippen LogP contribution in [0.4, 0.5) is 5.69 Å². The number of hydrogen-bond donors (Lipinski definition) is 3. The zero-order valence-corrected chi connectivity index (χ0v) is 12.5. The highest BCUT2D eigenvalue weighted by Gasteiger charge is 2.16. The third-order valence-electron chi connectivity index (χ3n) is 2.47. The first-order valence-corrected chi connectivity index (χ1v) is 6.67. The number of amides is 2. The van der Waals surface area contributed by atoms with Gasteiger partial charge in [0, 0.05) is 29.3 Å². The molecule has 1 aromatic rings. The van der Waals surface area contributed by atoms with E-state index in [1.54, 1.807) is 38.1 Å². The van der Waals surface area contributed by atoms with Crippen molar-refractivity contribution >= 4 is 17.5 Å². The second-order valence-electron chi connectivity index (χ2n) is 5.92. The van der Waals surface area contributed by atoms with E-state index in [0.717, 1.165) is 0 Å². The van der Waals surface area contributed by atoms with Gasteiger partial charge in [0.1, 0.15) is 0 Å². The molecule has 110 valence electrons. The molecule has 0 heterocycles. The van der Waals surface area contributed by atoms with Crippen LogP contribution in [0.3, 0.4) is 0 Å². The predicted molar refractivity (Wildman–Crippen MR) is 80.6 cm³/mol. The molecule has 0 unspecified atom stereocenters. The van der Waals surface area contributed by atoms with Crippen molar-refractivity contribution in [3.05, 3.63) is 29.8 Å². The number of anilines is 1. The first-order valence-electron chi connectivity index (χ1n) is 6.67. The van der Waals surface area contributed by atoms with Crippen LogP contribution in [0.5, 0.6) is 0 Å². The second-order valence-corrected chi connectivity index (χ2v) is 5.92. The van der Waals surface area contributed by atoms with Gasteiger partial charge in [-0.15, -0.1) is 0 Å². The highest BCUT2D eigenvalue weighted by Crippen LogP contribution is 2.12. The summed E-state index contributed by atoms with van der Waals surface area (Å²) in [5, 5.41) is 5.56. The number of carbonyl (C=O) groups excluding carboxylic acids is 2. The Morgan fingerprint density at radius 2 is 1.75 bits per heavy atom. The molecule has 5 heteroatoms. The monoisotopic (exact) mass is 277 g/mol. The van der Waals surface area contributed by atoms with E-state index in [4.69, 9.17) is 5.73 Å². The molecular formula is C15H23N3O2. The number of benzene rings is 1. The first-order chi connectivity index (χ1) is 9.17. The van der Waals surface area contributed by atoms with E-state index in [-0.39, 0.29) is 24.3 Å². The fourth-order valence-corrected chi connectivity index (χ4v) is 1.67. The van der Waals surface area contributed by atoms with Crippen molar-refractivity contribution < 1.29 is 9.59 Å². The van der Waals surface area contributed by atoms with Gasteiger partial charge >= 0.3 is 0 Å². The Hall–Kier alpha value is -1.88. The molecule has 0 saturated heterocycles. The molecule has 0 saturated carbocycles. The molecule has 0 spiro atoms. The fourth-order valence-electron chi connectivity index (χ4n) is 1.67. The van der Waals surface area contributed by atoms with Crippen LogP contribution >= 0.6 is 0 Å². The minimum Gasteiger partial charge on any atom is -0.350 e. The van der Waals surface area contributed by atoms with Gasteiger partial charge in [0.2, 0.25) is 5.91 Å². The molecule has 4 N–H and O–H groups in total. The summed E-state index contributed by atoms with van der Waals surface area (Å²) in [5.41, 5.74) is 6.46. The van der Waals surface area contributed by atoms with Crippen molar-refractivity contribution in [2.45, 2.75) is 45.7 Å². The van der Waals surface area contributed by atoms with Gasteiger partial charge < -0.3 is 16.4 Å². The highest BCUT2D eigenvalue weighted by atomic mass is 16.2. The topological polar surface area (TPSA) is 84.2 Å². The van der Waals surface area contributed by atoms with Gasteiger partial charge in [-0.2, -0.15) is 0 Å². The number of carbonyl (C=O) groups is 2. The van der Waals surface area contributed by atoms with Crippen molar-refractivity contribution in [2.24, 2.45) is 5.73 Å². The minimum absolute atomic E-state index is 0.0914. The lowest BCUT2D eigenvalue weighted by molar-refractivity contribution is -0.117. The molecule has 0 radical (unpaired) electrons. The van der Waals surface area contributed by atoms with Crippen LogP contribution in [0.2, 0.25) is 0 Å². The third-order valence-corrected chi connectivity index (χ3v) is 2.47. The van der Waals surface area contributed by atoms with Crippen molar-refractivity contribution in [3.8, 4) is 0 Å². The van der Waals surface area contributed by atoms with Crippen LogP contribution in [-0.4, -0.2) is 23.4 Å². The molecule has 20 heavy (non-hydrogen) atoms. The largest absolute Gasteiger partial charge is 0.350 e. The van der Waals surface area contributed by atoms with E-state index in [2.05, 4.69) is 10.6 Å². The molecule has 1 rings (SSSR count). The van der Waals surface area contributed by atoms with E-state index in [1.807, 2.05) is 13.8 Å². The van der Waals surface area contributed by atoms with Crippen LogP contribution in [0, 0.1) is 0 Å². The Balaban J connectivity index is 2.63. The van der Waals surface area contributed by atoms with E-state index in [0.29, 0.717) is 11.3 Å². The van der Waals surface area contributed by atoms with E-state index in [9.17, 15) is 9.59 Å². The van der Waals surface area contributed by atoms with Crippen LogP contribution in [0.25, 0.3) is 0 Å². The Morgan fingerprint density at radius 1 is 1.20 bits per heavy atom. The van der Waals surface area contributed by atoms with Gasteiger partial charge in [0.25, 0.3) is 5.91 Å². The van der Waals surface area contributed by atoms with Crippen LogP contribution in [-0.2, 0) is 4.79 Å². The zero-order chi connectivity index (χ0) is 15.3. The van der Waals surface area contributed by atoms with Gasteiger partial charge in [0.15, 0.2) is 0 Å². The number of nitrogens with one attached hydrogen (secondary N) is 2. The lowest BCUT2D eigenvalue weighted by Gasteiger charge is -2.17. The molecule has 0 aliphatic heterocycles. The van der Waals surface area contributed by atoms with Crippen molar-refractivity contribution in [2.75, 3.05) is 5.32 Å². The van der Waals surface area contributed by atoms with Gasteiger partial charge in [-0.1, -0.05) is 0 Å². The maximum Gasteiger partial charge on any atom is 0.251 e. The predicted octanol–water partition coefficient (Wildman–Crippen LogP) is 1.89. The summed E-state index contributed by atoms with van der Waals surface area (Å²) in [6, 6.07) is 6.86. The van der Waals surface area contributed by atoms with Gasteiger partial charge in [-0.05, 0) is 52.0 Å². The van der Waals surface area contributed by atoms with Gasteiger partial charge in [-0.3, -0.25) is 9.59 Å². The van der Waals surface area contributed by atoms with E-state index < -0.39 is 5.54 Å².